The van der Waals surface area contributed by atoms with Crippen molar-refractivity contribution in [1.29, 1.82) is 0 Å². The average Bonchev–Trinajstić information content (AvgIpc) is 2.29. The standard InChI is InChI=1S/C10H8F3N3O3/c1-16-5-6(7(17)15-9(16)19)3-2-4-14-8(18)10(11,12)13/h5H,4H2,1H3,(H,14,18)(H,15,17,19). The lowest BCUT2D eigenvalue weighted by molar-refractivity contribution is -0.173. The van der Waals surface area contributed by atoms with Crippen molar-refractivity contribution < 1.29 is 18.0 Å². The van der Waals surface area contributed by atoms with Gasteiger partial charge in [0.1, 0.15) is 5.56 Å². The Kier molecular flexibility index (Phi) is 4.16. The molecule has 1 amide bonds. The van der Waals surface area contributed by atoms with Crippen molar-refractivity contribution in [2.24, 2.45) is 7.05 Å². The topological polar surface area (TPSA) is 84.0 Å². The molecular weight excluding hydrogens is 267 g/mol. The van der Waals surface area contributed by atoms with Crippen LogP contribution in [-0.2, 0) is 11.8 Å². The zero-order valence-corrected chi connectivity index (χ0v) is 9.59. The summed E-state index contributed by atoms with van der Waals surface area (Å²) >= 11 is 0. The summed E-state index contributed by atoms with van der Waals surface area (Å²) in [6.07, 6.45) is -3.84. The molecule has 0 saturated heterocycles. The maximum atomic E-state index is 11.8. The summed E-state index contributed by atoms with van der Waals surface area (Å²) in [5.74, 6) is 2.31. The van der Waals surface area contributed by atoms with Crippen LogP contribution >= 0.6 is 0 Å². The van der Waals surface area contributed by atoms with Crippen LogP contribution in [-0.4, -0.2) is 28.2 Å². The van der Waals surface area contributed by atoms with Crippen molar-refractivity contribution in [3.63, 3.8) is 0 Å². The van der Waals surface area contributed by atoms with Gasteiger partial charge in [-0.2, -0.15) is 13.2 Å². The van der Waals surface area contributed by atoms with E-state index < -0.39 is 29.9 Å². The molecule has 1 heterocycles. The van der Waals surface area contributed by atoms with E-state index in [2.05, 4.69) is 11.8 Å². The zero-order valence-electron chi connectivity index (χ0n) is 9.59. The van der Waals surface area contributed by atoms with E-state index in [4.69, 9.17) is 0 Å². The summed E-state index contributed by atoms with van der Waals surface area (Å²) < 4.78 is 36.5. The van der Waals surface area contributed by atoms with Crippen LogP contribution in [0.5, 0.6) is 0 Å². The van der Waals surface area contributed by atoms with Crippen LogP contribution in [0.3, 0.4) is 0 Å². The van der Waals surface area contributed by atoms with Crippen LogP contribution in [0.1, 0.15) is 5.56 Å². The van der Waals surface area contributed by atoms with Crippen LogP contribution in [0.15, 0.2) is 15.8 Å². The zero-order chi connectivity index (χ0) is 14.6. The molecule has 9 heteroatoms. The van der Waals surface area contributed by atoms with Crippen LogP contribution < -0.4 is 16.6 Å². The minimum absolute atomic E-state index is 0.0941. The molecule has 0 unspecified atom stereocenters. The Labute approximate surface area is 104 Å². The number of amides is 1. The van der Waals surface area contributed by atoms with Gasteiger partial charge in [0.2, 0.25) is 0 Å². The number of nitrogens with one attached hydrogen (secondary N) is 2. The molecule has 0 bridgehead atoms. The highest BCUT2D eigenvalue weighted by Crippen LogP contribution is 2.13. The van der Waals surface area contributed by atoms with E-state index in [1.54, 1.807) is 0 Å². The smallest absolute Gasteiger partial charge is 0.337 e. The minimum Gasteiger partial charge on any atom is -0.337 e. The molecule has 0 spiro atoms. The number of aromatic nitrogens is 2. The molecule has 0 radical (unpaired) electrons. The lowest BCUT2D eigenvalue weighted by atomic mass is 10.3. The fraction of sp³-hybridized carbons (Fsp3) is 0.300. The van der Waals surface area contributed by atoms with Gasteiger partial charge in [0, 0.05) is 13.2 Å². The number of carbonyl (C=O) groups is 1. The Balaban J connectivity index is 2.76. The maximum Gasteiger partial charge on any atom is 0.471 e. The molecule has 0 atom stereocenters. The Hall–Kier alpha value is -2.50. The molecule has 2 N–H and O–H groups in total. The number of aromatic amines is 1. The normalized spacial score (nSPS) is 10.5. The number of carbonyl (C=O) groups excluding carboxylic acids is 1. The molecule has 6 nitrogen and oxygen atoms in total. The van der Waals surface area contributed by atoms with E-state index >= 15 is 0 Å². The van der Waals surface area contributed by atoms with Crippen molar-refractivity contribution >= 4 is 5.91 Å². The van der Waals surface area contributed by atoms with Crippen molar-refractivity contribution in [2.45, 2.75) is 6.18 Å². The van der Waals surface area contributed by atoms with E-state index in [1.807, 2.05) is 4.98 Å². The summed E-state index contributed by atoms with van der Waals surface area (Å²) in [5.41, 5.74) is -1.48. The van der Waals surface area contributed by atoms with Crippen LogP contribution in [0.4, 0.5) is 13.2 Å². The van der Waals surface area contributed by atoms with Gasteiger partial charge < -0.3 is 9.88 Å². The molecule has 0 aromatic carbocycles. The number of halogens is 3. The third-order valence-electron chi connectivity index (χ3n) is 1.93. The number of aryl methyl sites for hydroxylation is 1. The molecule has 0 saturated carbocycles. The number of alkyl halides is 3. The number of nitrogens with zero attached hydrogens (tertiary/aromatic N) is 1. The summed E-state index contributed by atoms with van der Waals surface area (Å²) in [6.45, 7) is -0.569. The molecule has 0 aliphatic rings. The van der Waals surface area contributed by atoms with Gasteiger partial charge in [0.15, 0.2) is 0 Å². The first-order valence-electron chi connectivity index (χ1n) is 4.85. The van der Waals surface area contributed by atoms with Gasteiger partial charge in [-0.05, 0) is 0 Å². The van der Waals surface area contributed by atoms with E-state index in [-0.39, 0.29) is 5.56 Å². The second-order valence-corrected chi connectivity index (χ2v) is 3.40. The van der Waals surface area contributed by atoms with Gasteiger partial charge in [-0.1, -0.05) is 11.8 Å². The van der Waals surface area contributed by atoms with E-state index in [0.717, 1.165) is 10.8 Å². The van der Waals surface area contributed by atoms with Crippen LogP contribution in [0.2, 0.25) is 0 Å². The average molecular weight is 275 g/mol. The molecule has 0 fully saturated rings. The fourth-order valence-electron chi connectivity index (χ4n) is 1.02. The van der Waals surface area contributed by atoms with Gasteiger partial charge in [-0.25, -0.2) is 4.79 Å². The Morgan fingerprint density at radius 1 is 1.47 bits per heavy atom. The predicted molar refractivity (Wildman–Crippen MR) is 58.2 cm³/mol. The minimum atomic E-state index is -4.98. The van der Waals surface area contributed by atoms with Crippen molar-refractivity contribution in [1.82, 2.24) is 14.9 Å². The molecule has 0 aliphatic carbocycles. The molecule has 1 rings (SSSR count). The van der Waals surface area contributed by atoms with Crippen molar-refractivity contribution in [3.8, 4) is 11.8 Å². The fourth-order valence-corrected chi connectivity index (χ4v) is 1.02. The van der Waals surface area contributed by atoms with Crippen LogP contribution in [0, 0.1) is 11.8 Å². The Bertz CT molecular complexity index is 661. The first-order chi connectivity index (χ1) is 8.71. The van der Waals surface area contributed by atoms with Crippen LogP contribution in [0.25, 0.3) is 0 Å². The van der Waals surface area contributed by atoms with E-state index in [9.17, 15) is 27.6 Å². The second-order valence-electron chi connectivity index (χ2n) is 3.40. The van der Waals surface area contributed by atoms with Crippen molar-refractivity contribution in [3.05, 3.63) is 32.6 Å². The van der Waals surface area contributed by atoms with Gasteiger partial charge in [0.25, 0.3) is 5.56 Å². The summed E-state index contributed by atoms with van der Waals surface area (Å²) in [6, 6.07) is 0. The quantitative estimate of drug-likeness (QED) is 0.652. The third-order valence-corrected chi connectivity index (χ3v) is 1.93. The van der Waals surface area contributed by atoms with Crippen molar-refractivity contribution in [2.75, 3.05) is 6.54 Å². The molecule has 1 aromatic heterocycles. The van der Waals surface area contributed by atoms with Gasteiger partial charge >= 0.3 is 17.8 Å². The lowest BCUT2D eigenvalue weighted by Gasteiger charge is -2.03. The molecule has 19 heavy (non-hydrogen) atoms. The monoisotopic (exact) mass is 275 g/mol. The van der Waals surface area contributed by atoms with E-state index in [1.165, 1.54) is 12.4 Å². The van der Waals surface area contributed by atoms with Gasteiger partial charge in [-0.15, -0.1) is 0 Å². The largest absolute Gasteiger partial charge is 0.471 e. The maximum absolute atomic E-state index is 11.8. The number of hydrogen-bond acceptors (Lipinski definition) is 3. The molecular formula is C10H8F3N3O3. The lowest BCUT2D eigenvalue weighted by Crippen LogP contribution is -2.36. The Morgan fingerprint density at radius 3 is 2.68 bits per heavy atom. The first-order valence-corrected chi connectivity index (χ1v) is 4.85. The van der Waals surface area contributed by atoms with E-state index in [0.29, 0.717) is 0 Å². The molecule has 1 aromatic rings. The summed E-state index contributed by atoms with van der Waals surface area (Å²) in [7, 11) is 1.37. The molecule has 102 valence electrons. The number of rotatable bonds is 1. The second kappa shape index (κ2) is 5.43. The van der Waals surface area contributed by atoms with Gasteiger partial charge in [0.05, 0.1) is 6.54 Å². The highest BCUT2D eigenvalue weighted by molar-refractivity contribution is 5.81. The SMILES string of the molecule is Cn1cc(C#CCNC(=O)C(F)(F)F)c(=O)[nH]c1=O. The summed E-state index contributed by atoms with van der Waals surface area (Å²) in [5, 5.41) is 1.52. The number of H-pyrrole nitrogens is 1. The van der Waals surface area contributed by atoms with Gasteiger partial charge in [-0.3, -0.25) is 14.6 Å². The predicted octanol–water partition coefficient (Wildman–Crippen LogP) is -0.896. The highest BCUT2D eigenvalue weighted by Gasteiger charge is 2.38. The highest BCUT2D eigenvalue weighted by atomic mass is 19.4. The Morgan fingerprint density at radius 2 is 2.11 bits per heavy atom. The third kappa shape index (κ3) is 4.02. The summed E-state index contributed by atoms with van der Waals surface area (Å²) in [4.78, 5) is 34.6. The molecule has 0 aliphatic heterocycles. The number of hydrogen-bond donors (Lipinski definition) is 2. The first kappa shape index (κ1) is 14.6.